The minimum atomic E-state index is 0.743. The molecule has 1 fully saturated rings. The van der Waals surface area contributed by atoms with Gasteiger partial charge in [-0.25, -0.2) is 0 Å². The zero-order valence-electron chi connectivity index (χ0n) is 9.94. The number of nitrogens with zero attached hydrogens (tertiary/aromatic N) is 2. The van der Waals surface area contributed by atoms with Gasteiger partial charge in [-0.15, -0.1) is 0 Å². The van der Waals surface area contributed by atoms with E-state index in [-0.39, 0.29) is 0 Å². The maximum Gasteiger partial charge on any atom is 0.0737 e. The van der Waals surface area contributed by atoms with Crippen molar-refractivity contribution >= 4 is 44.1 Å². The molecule has 94 valence electrons. The first-order valence-electron chi connectivity index (χ1n) is 6.13. The maximum atomic E-state index is 6.02. The Morgan fingerprint density at radius 1 is 1.39 bits per heavy atom. The van der Waals surface area contributed by atoms with Gasteiger partial charge in [-0.05, 0) is 36.6 Å². The number of anilines is 1. The maximum absolute atomic E-state index is 6.02. The predicted octanol–water partition coefficient (Wildman–Crippen LogP) is 4.11. The largest absolute Gasteiger partial charge is 0.371 e. The topological polar surface area (TPSA) is 16.1 Å². The van der Waals surface area contributed by atoms with E-state index in [0.29, 0.717) is 0 Å². The second-order valence-electron chi connectivity index (χ2n) is 4.75. The summed E-state index contributed by atoms with van der Waals surface area (Å²) in [5.74, 6) is 0.750. The van der Waals surface area contributed by atoms with E-state index in [9.17, 15) is 0 Å². The van der Waals surface area contributed by atoms with Gasteiger partial charge in [0, 0.05) is 40.7 Å². The Kier molecular flexibility index (Phi) is 3.44. The van der Waals surface area contributed by atoms with E-state index in [1.165, 1.54) is 17.5 Å². The van der Waals surface area contributed by atoms with Crippen LogP contribution in [0.15, 0.2) is 30.5 Å². The summed E-state index contributed by atoms with van der Waals surface area (Å²) in [5, 5.41) is 3.02. The zero-order valence-corrected chi connectivity index (χ0v) is 12.3. The number of hydrogen-bond acceptors (Lipinski definition) is 2. The van der Waals surface area contributed by atoms with Gasteiger partial charge in [0.2, 0.25) is 0 Å². The molecule has 1 unspecified atom stereocenters. The van der Waals surface area contributed by atoms with Gasteiger partial charge in [-0.3, -0.25) is 4.98 Å². The molecular weight excluding hydrogens is 312 g/mol. The summed E-state index contributed by atoms with van der Waals surface area (Å²) >= 11 is 9.60. The van der Waals surface area contributed by atoms with Crippen molar-refractivity contribution in [2.75, 3.05) is 23.3 Å². The molecule has 2 aromatic rings. The van der Waals surface area contributed by atoms with Gasteiger partial charge in [0.25, 0.3) is 0 Å². The number of hydrogen-bond donors (Lipinski definition) is 0. The van der Waals surface area contributed by atoms with E-state index in [1.54, 1.807) is 0 Å². The molecule has 0 N–H and O–H groups in total. The van der Waals surface area contributed by atoms with E-state index < -0.39 is 0 Å². The number of alkyl halides is 1. The Bertz CT molecular complexity index is 573. The number of benzene rings is 1. The van der Waals surface area contributed by atoms with E-state index in [2.05, 4.69) is 37.9 Å². The molecule has 1 aromatic heterocycles. The molecule has 0 bridgehead atoms. The van der Waals surface area contributed by atoms with Gasteiger partial charge in [0.15, 0.2) is 0 Å². The lowest BCUT2D eigenvalue weighted by molar-refractivity contribution is 0.676. The number of halogens is 2. The van der Waals surface area contributed by atoms with Crippen LogP contribution in [0.2, 0.25) is 5.02 Å². The third kappa shape index (κ3) is 2.21. The summed E-state index contributed by atoms with van der Waals surface area (Å²) < 4.78 is 0. The highest BCUT2D eigenvalue weighted by Gasteiger charge is 2.22. The molecule has 1 aromatic carbocycles. The summed E-state index contributed by atoms with van der Waals surface area (Å²) in [6.45, 7) is 2.24. The van der Waals surface area contributed by atoms with Crippen molar-refractivity contribution in [2.45, 2.75) is 6.42 Å². The Hall–Kier alpha value is -0.800. The molecule has 2 nitrogen and oxygen atoms in total. The normalized spacial score (nSPS) is 19.7. The molecular formula is C14H14BrClN2. The smallest absolute Gasteiger partial charge is 0.0737 e. The molecule has 0 saturated carbocycles. The van der Waals surface area contributed by atoms with Crippen LogP contribution in [0.1, 0.15) is 6.42 Å². The van der Waals surface area contributed by atoms with Crippen LogP contribution in [0.3, 0.4) is 0 Å². The van der Waals surface area contributed by atoms with Crippen LogP contribution in [0.25, 0.3) is 10.9 Å². The lowest BCUT2D eigenvalue weighted by Gasteiger charge is -2.20. The van der Waals surface area contributed by atoms with Crippen molar-refractivity contribution in [3.05, 3.63) is 35.5 Å². The lowest BCUT2D eigenvalue weighted by atomic mass is 10.1. The fraction of sp³-hybridized carbons (Fsp3) is 0.357. The van der Waals surface area contributed by atoms with Crippen molar-refractivity contribution in [2.24, 2.45) is 5.92 Å². The number of aromatic nitrogens is 1. The monoisotopic (exact) mass is 324 g/mol. The molecule has 0 spiro atoms. The molecule has 3 rings (SSSR count). The Balaban J connectivity index is 2.02. The third-order valence-electron chi connectivity index (χ3n) is 3.53. The first kappa shape index (κ1) is 12.2. The Morgan fingerprint density at radius 2 is 2.28 bits per heavy atom. The van der Waals surface area contributed by atoms with E-state index >= 15 is 0 Å². The van der Waals surface area contributed by atoms with Gasteiger partial charge in [0.05, 0.1) is 5.52 Å². The molecule has 1 atom stereocenters. The fourth-order valence-corrected chi connectivity index (χ4v) is 3.25. The molecule has 4 heteroatoms. The van der Waals surface area contributed by atoms with Crippen LogP contribution < -0.4 is 4.90 Å². The summed E-state index contributed by atoms with van der Waals surface area (Å²) in [4.78, 5) is 6.84. The standard InChI is InChI=1S/C14H14BrClN2/c15-8-10-4-6-18(9-10)14-3-5-17-13-7-11(16)1-2-12(13)14/h1-3,5,7,10H,4,6,8-9H2. The molecule has 1 saturated heterocycles. The van der Waals surface area contributed by atoms with Gasteiger partial charge in [0.1, 0.15) is 0 Å². The highest BCUT2D eigenvalue weighted by atomic mass is 79.9. The van der Waals surface area contributed by atoms with E-state index in [0.717, 1.165) is 34.9 Å². The van der Waals surface area contributed by atoms with Gasteiger partial charge >= 0.3 is 0 Å². The highest BCUT2D eigenvalue weighted by molar-refractivity contribution is 9.09. The lowest BCUT2D eigenvalue weighted by Crippen LogP contribution is -2.20. The molecule has 1 aliphatic rings. The Labute approximate surface area is 120 Å². The van der Waals surface area contributed by atoms with Crippen molar-refractivity contribution in [3.63, 3.8) is 0 Å². The Morgan fingerprint density at radius 3 is 3.06 bits per heavy atom. The SMILES string of the molecule is Clc1ccc2c(N3CCC(CBr)C3)ccnc2c1. The van der Waals surface area contributed by atoms with Crippen molar-refractivity contribution < 1.29 is 0 Å². The number of rotatable bonds is 2. The minimum Gasteiger partial charge on any atom is -0.371 e. The molecule has 0 aliphatic carbocycles. The van der Waals surface area contributed by atoms with Crippen LogP contribution >= 0.6 is 27.5 Å². The molecule has 2 heterocycles. The number of pyridine rings is 1. The van der Waals surface area contributed by atoms with Crippen LogP contribution in [-0.4, -0.2) is 23.4 Å². The molecule has 0 amide bonds. The molecule has 18 heavy (non-hydrogen) atoms. The van der Waals surface area contributed by atoms with Gasteiger partial charge in [-0.2, -0.15) is 0 Å². The van der Waals surface area contributed by atoms with Gasteiger partial charge in [-0.1, -0.05) is 27.5 Å². The molecule has 0 radical (unpaired) electrons. The summed E-state index contributed by atoms with van der Waals surface area (Å²) in [5.41, 5.74) is 2.25. The summed E-state index contributed by atoms with van der Waals surface area (Å²) in [6.07, 6.45) is 3.12. The summed E-state index contributed by atoms with van der Waals surface area (Å²) in [6, 6.07) is 8.04. The molecule has 1 aliphatic heterocycles. The van der Waals surface area contributed by atoms with Crippen molar-refractivity contribution in [1.29, 1.82) is 0 Å². The van der Waals surface area contributed by atoms with Crippen LogP contribution in [0, 0.1) is 5.92 Å². The fourth-order valence-electron chi connectivity index (χ4n) is 2.56. The third-order valence-corrected chi connectivity index (χ3v) is 4.68. The quantitative estimate of drug-likeness (QED) is 0.773. The second-order valence-corrected chi connectivity index (χ2v) is 5.83. The summed E-state index contributed by atoms with van der Waals surface area (Å²) in [7, 11) is 0. The zero-order chi connectivity index (χ0) is 12.5. The average Bonchev–Trinajstić information content (AvgIpc) is 2.86. The number of fused-ring (bicyclic) bond motifs is 1. The van der Waals surface area contributed by atoms with Crippen LogP contribution in [0.5, 0.6) is 0 Å². The van der Waals surface area contributed by atoms with E-state index in [1.807, 2.05) is 18.3 Å². The second kappa shape index (κ2) is 5.06. The van der Waals surface area contributed by atoms with E-state index in [4.69, 9.17) is 11.6 Å². The van der Waals surface area contributed by atoms with Crippen molar-refractivity contribution in [1.82, 2.24) is 4.98 Å². The van der Waals surface area contributed by atoms with Gasteiger partial charge < -0.3 is 4.90 Å². The van der Waals surface area contributed by atoms with Crippen molar-refractivity contribution in [3.8, 4) is 0 Å². The highest BCUT2D eigenvalue weighted by Crippen LogP contribution is 2.31. The first-order valence-corrected chi connectivity index (χ1v) is 7.63. The predicted molar refractivity (Wildman–Crippen MR) is 80.9 cm³/mol. The first-order chi connectivity index (χ1) is 8.78. The minimum absolute atomic E-state index is 0.743. The van der Waals surface area contributed by atoms with Crippen LogP contribution in [0.4, 0.5) is 5.69 Å². The average molecular weight is 326 g/mol. The van der Waals surface area contributed by atoms with Crippen LogP contribution in [-0.2, 0) is 0 Å².